The second-order valence-corrected chi connectivity index (χ2v) is 6.84. The van der Waals surface area contributed by atoms with Crippen LogP contribution in [0.5, 0.6) is 5.75 Å². The molecule has 1 amide bonds. The van der Waals surface area contributed by atoms with Crippen LogP contribution in [0.2, 0.25) is 0 Å². The molecule has 4 nitrogen and oxygen atoms in total. The number of phenols is 1. The van der Waals surface area contributed by atoms with Gasteiger partial charge in [-0.25, -0.2) is 4.98 Å². The number of hydrogen-bond acceptors (Lipinski definition) is 4. The molecule has 0 radical (unpaired) electrons. The molecule has 0 unspecified atom stereocenters. The Hall–Kier alpha value is -3.44. The van der Waals surface area contributed by atoms with Crippen molar-refractivity contribution in [2.75, 3.05) is 5.32 Å². The Kier molecular flexibility index (Phi) is 4.68. The molecular formula is C22H16N2O2S. The third-order valence-electron chi connectivity index (χ3n) is 4.09. The van der Waals surface area contributed by atoms with Crippen molar-refractivity contribution in [2.45, 2.75) is 0 Å². The van der Waals surface area contributed by atoms with Gasteiger partial charge in [0.05, 0.1) is 5.69 Å². The van der Waals surface area contributed by atoms with E-state index in [1.165, 1.54) is 0 Å². The minimum atomic E-state index is -0.133. The second-order valence-electron chi connectivity index (χ2n) is 5.98. The molecule has 27 heavy (non-hydrogen) atoms. The van der Waals surface area contributed by atoms with Crippen LogP contribution in [-0.4, -0.2) is 16.0 Å². The summed E-state index contributed by atoms with van der Waals surface area (Å²) in [5.41, 5.74) is 4.19. The van der Waals surface area contributed by atoms with E-state index in [0.717, 1.165) is 27.5 Å². The lowest BCUT2D eigenvalue weighted by molar-refractivity contribution is 0.102. The first kappa shape index (κ1) is 17.0. The molecule has 4 aromatic rings. The highest BCUT2D eigenvalue weighted by molar-refractivity contribution is 7.13. The van der Waals surface area contributed by atoms with Crippen LogP contribution in [0.15, 0.2) is 84.2 Å². The van der Waals surface area contributed by atoms with Crippen molar-refractivity contribution >= 4 is 22.9 Å². The molecule has 5 heteroatoms. The van der Waals surface area contributed by atoms with Gasteiger partial charge in [-0.05, 0) is 48.5 Å². The summed E-state index contributed by atoms with van der Waals surface area (Å²) in [5, 5.41) is 15.2. The summed E-state index contributed by atoms with van der Waals surface area (Å²) in [5.74, 6) is 0.107. The third kappa shape index (κ3) is 3.88. The first-order valence-corrected chi connectivity index (χ1v) is 9.29. The lowest BCUT2D eigenvalue weighted by Gasteiger charge is -2.06. The quantitative estimate of drug-likeness (QED) is 0.502. The van der Waals surface area contributed by atoms with Crippen molar-refractivity contribution in [3.05, 3.63) is 89.8 Å². The van der Waals surface area contributed by atoms with E-state index >= 15 is 0 Å². The van der Waals surface area contributed by atoms with E-state index in [1.807, 2.05) is 60.0 Å². The number of carbonyl (C=O) groups excluding carboxylic acids is 1. The standard InChI is InChI=1S/C22H16N2O2S/c25-19-12-8-17(9-13-19)22-24-20(14-27-22)15-6-10-18(11-7-15)23-21(26)16-4-2-1-3-5-16/h1-14,25H,(H,23,26). The molecule has 1 aromatic heterocycles. The first-order chi connectivity index (χ1) is 13.2. The molecule has 3 aromatic carbocycles. The smallest absolute Gasteiger partial charge is 0.255 e. The van der Waals surface area contributed by atoms with Gasteiger partial charge < -0.3 is 10.4 Å². The largest absolute Gasteiger partial charge is 0.508 e. The molecule has 0 aliphatic rings. The Morgan fingerprint density at radius 1 is 0.852 bits per heavy atom. The number of phenolic OH excluding ortho intramolecular Hbond substituents is 1. The summed E-state index contributed by atoms with van der Waals surface area (Å²) in [6, 6.07) is 23.7. The molecule has 132 valence electrons. The van der Waals surface area contributed by atoms with Crippen LogP contribution in [0, 0.1) is 0 Å². The highest BCUT2D eigenvalue weighted by atomic mass is 32.1. The molecule has 0 aliphatic heterocycles. The Bertz CT molecular complexity index is 1060. The molecule has 0 bridgehead atoms. The highest BCUT2D eigenvalue weighted by Gasteiger charge is 2.08. The van der Waals surface area contributed by atoms with Crippen molar-refractivity contribution in [2.24, 2.45) is 0 Å². The molecule has 2 N–H and O–H groups in total. The van der Waals surface area contributed by atoms with Crippen LogP contribution < -0.4 is 5.32 Å². The minimum absolute atomic E-state index is 0.133. The van der Waals surface area contributed by atoms with Crippen LogP contribution in [0.1, 0.15) is 10.4 Å². The average Bonchev–Trinajstić information content (AvgIpc) is 3.20. The van der Waals surface area contributed by atoms with Gasteiger partial charge >= 0.3 is 0 Å². The van der Waals surface area contributed by atoms with Crippen molar-refractivity contribution in [1.29, 1.82) is 0 Å². The Morgan fingerprint density at radius 2 is 1.52 bits per heavy atom. The molecule has 0 atom stereocenters. The van der Waals surface area contributed by atoms with Crippen molar-refractivity contribution < 1.29 is 9.90 Å². The molecule has 0 saturated heterocycles. The van der Waals surface area contributed by atoms with Crippen molar-refractivity contribution in [3.8, 4) is 27.6 Å². The van der Waals surface area contributed by atoms with Crippen LogP contribution in [-0.2, 0) is 0 Å². The Labute approximate surface area is 160 Å². The van der Waals surface area contributed by atoms with E-state index in [-0.39, 0.29) is 11.7 Å². The SMILES string of the molecule is O=C(Nc1ccc(-c2csc(-c3ccc(O)cc3)n2)cc1)c1ccccc1. The maximum Gasteiger partial charge on any atom is 0.255 e. The van der Waals surface area contributed by atoms with E-state index in [2.05, 4.69) is 10.3 Å². The molecule has 0 saturated carbocycles. The summed E-state index contributed by atoms with van der Waals surface area (Å²) >= 11 is 1.55. The van der Waals surface area contributed by atoms with Gasteiger partial charge in [0.25, 0.3) is 5.91 Å². The van der Waals surface area contributed by atoms with E-state index in [1.54, 1.807) is 35.6 Å². The number of nitrogens with one attached hydrogen (secondary N) is 1. The van der Waals surface area contributed by atoms with Crippen molar-refractivity contribution in [3.63, 3.8) is 0 Å². The summed E-state index contributed by atoms with van der Waals surface area (Å²) in [6.07, 6.45) is 0. The summed E-state index contributed by atoms with van der Waals surface area (Å²) < 4.78 is 0. The van der Waals surface area contributed by atoms with Crippen LogP contribution >= 0.6 is 11.3 Å². The van der Waals surface area contributed by atoms with Gasteiger partial charge in [-0.3, -0.25) is 4.79 Å². The summed E-state index contributed by atoms with van der Waals surface area (Å²) in [6.45, 7) is 0. The topological polar surface area (TPSA) is 62.2 Å². The molecular weight excluding hydrogens is 356 g/mol. The number of rotatable bonds is 4. The predicted molar refractivity (Wildman–Crippen MR) is 109 cm³/mol. The van der Waals surface area contributed by atoms with E-state index < -0.39 is 0 Å². The lowest BCUT2D eigenvalue weighted by atomic mass is 10.1. The fourth-order valence-electron chi connectivity index (χ4n) is 2.66. The summed E-state index contributed by atoms with van der Waals surface area (Å²) in [7, 11) is 0. The van der Waals surface area contributed by atoms with Crippen LogP contribution in [0.3, 0.4) is 0 Å². The predicted octanol–water partition coefficient (Wildman–Crippen LogP) is 5.44. The molecule has 1 heterocycles. The van der Waals surface area contributed by atoms with Crippen LogP contribution in [0.25, 0.3) is 21.8 Å². The average molecular weight is 372 g/mol. The normalized spacial score (nSPS) is 10.5. The Morgan fingerprint density at radius 3 is 2.22 bits per heavy atom. The molecule has 4 rings (SSSR count). The zero-order valence-corrected chi connectivity index (χ0v) is 15.1. The first-order valence-electron chi connectivity index (χ1n) is 8.41. The highest BCUT2D eigenvalue weighted by Crippen LogP contribution is 2.30. The van der Waals surface area contributed by atoms with Gasteiger partial charge in [0.2, 0.25) is 0 Å². The molecule has 0 fully saturated rings. The number of anilines is 1. The molecule has 0 aliphatic carbocycles. The Balaban J connectivity index is 1.49. The number of benzene rings is 3. The number of aromatic hydroxyl groups is 1. The zero-order chi connectivity index (χ0) is 18.6. The summed E-state index contributed by atoms with van der Waals surface area (Å²) in [4.78, 5) is 16.9. The van der Waals surface area contributed by atoms with Gasteiger partial charge in [0.15, 0.2) is 0 Å². The van der Waals surface area contributed by atoms with Gasteiger partial charge in [-0.1, -0.05) is 30.3 Å². The molecule has 0 spiro atoms. The number of thiazole rings is 1. The number of hydrogen-bond donors (Lipinski definition) is 2. The fourth-order valence-corrected chi connectivity index (χ4v) is 3.50. The maximum absolute atomic E-state index is 12.2. The van der Waals surface area contributed by atoms with Crippen molar-refractivity contribution in [1.82, 2.24) is 4.98 Å². The number of carbonyl (C=O) groups is 1. The van der Waals surface area contributed by atoms with E-state index in [9.17, 15) is 9.90 Å². The van der Waals surface area contributed by atoms with E-state index in [0.29, 0.717) is 5.56 Å². The van der Waals surface area contributed by atoms with E-state index in [4.69, 9.17) is 0 Å². The van der Waals surface area contributed by atoms with Gasteiger partial charge in [0.1, 0.15) is 10.8 Å². The monoisotopic (exact) mass is 372 g/mol. The van der Waals surface area contributed by atoms with Crippen LogP contribution in [0.4, 0.5) is 5.69 Å². The number of aromatic nitrogens is 1. The lowest BCUT2D eigenvalue weighted by Crippen LogP contribution is -2.11. The zero-order valence-electron chi connectivity index (χ0n) is 14.3. The number of nitrogens with zero attached hydrogens (tertiary/aromatic N) is 1. The number of amides is 1. The van der Waals surface area contributed by atoms with Gasteiger partial charge in [0, 0.05) is 27.8 Å². The third-order valence-corrected chi connectivity index (χ3v) is 4.98. The minimum Gasteiger partial charge on any atom is -0.508 e. The fraction of sp³-hybridized carbons (Fsp3) is 0. The van der Waals surface area contributed by atoms with Gasteiger partial charge in [-0.15, -0.1) is 11.3 Å². The second kappa shape index (κ2) is 7.43. The maximum atomic E-state index is 12.2. The van der Waals surface area contributed by atoms with Gasteiger partial charge in [-0.2, -0.15) is 0 Å².